The average Bonchev–Trinajstić information content (AvgIpc) is 3.25. The molecule has 0 radical (unpaired) electrons. The van der Waals surface area contributed by atoms with Gasteiger partial charge in [0.1, 0.15) is 36.0 Å². The Morgan fingerprint density at radius 3 is 2.86 bits per heavy atom. The number of rotatable bonds is 4. The first-order valence-electron chi connectivity index (χ1n) is 8.60. The number of alkyl halides is 1. The van der Waals surface area contributed by atoms with Crippen molar-refractivity contribution in [1.82, 2.24) is 9.88 Å². The first-order chi connectivity index (χ1) is 13.5. The summed E-state index contributed by atoms with van der Waals surface area (Å²) < 4.78 is 51.9. The van der Waals surface area contributed by atoms with Crippen LogP contribution in [-0.2, 0) is 11.3 Å². The van der Waals surface area contributed by atoms with Gasteiger partial charge in [-0.1, -0.05) is 12.1 Å². The predicted octanol–water partition coefficient (Wildman–Crippen LogP) is 3.88. The Morgan fingerprint density at radius 2 is 2.07 bits per heavy atom. The Morgan fingerprint density at radius 1 is 1.25 bits per heavy atom. The molecule has 146 valence electrons. The highest BCUT2D eigenvalue weighted by atomic mass is 19.1. The van der Waals surface area contributed by atoms with Crippen molar-refractivity contribution in [1.29, 1.82) is 0 Å². The summed E-state index contributed by atoms with van der Waals surface area (Å²) in [6, 6.07) is 9.28. The summed E-state index contributed by atoms with van der Waals surface area (Å²) in [6.07, 6.45) is -2.27. The van der Waals surface area contributed by atoms with Crippen LogP contribution in [0.1, 0.15) is 5.89 Å². The highest BCUT2D eigenvalue weighted by Crippen LogP contribution is 2.22. The van der Waals surface area contributed by atoms with E-state index >= 15 is 0 Å². The largest absolute Gasteiger partial charge is 0.438 e. The number of nitrogens with one attached hydrogen (secondary N) is 1. The molecule has 0 spiro atoms. The lowest BCUT2D eigenvalue weighted by Gasteiger charge is -2.17. The van der Waals surface area contributed by atoms with Crippen molar-refractivity contribution in [2.45, 2.75) is 18.9 Å². The van der Waals surface area contributed by atoms with Gasteiger partial charge in [0.05, 0.1) is 18.8 Å². The minimum absolute atomic E-state index is 0.0178. The topological polar surface area (TPSA) is 67.6 Å². The maximum atomic E-state index is 14.3. The number of para-hydroxylation sites is 2. The van der Waals surface area contributed by atoms with Gasteiger partial charge in [-0.25, -0.2) is 22.9 Å². The molecule has 2 unspecified atom stereocenters. The van der Waals surface area contributed by atoms with Crippen molar-refractivity contribution in [3.05, 3.63) is 60.0 Å². The third-order valence-electron chi connectivity index (χ3n) is 4.42. The van der Waals surface area contributed by atoms with E-state index in [2.05, 4.69) is 10.3 Å². The zero-order valence-electron chi connectivity index (χ0n) is 14.6. The monoisotopic (exact) mass is 391 g/mol. The van der Waals surface area contributed by atoms with Gasteiger partial charge in [0, 0.05) is 6.07 Å². The summed E-state index contributed by atoms with van der Waals surface area (Å²) in [6.45, 7) is -0.259. The highest BCUT2D eigenvalue weighted by molar-refractivity contribution is 5.89. The number of fused-ring (bicyclic) bond motifs is 1. The summed E-state index contributed by atoms with van der Waals surface area (Å²) in [5, 5.41) is 2.30. The van der Waals surface area contributed by atoms with Crippen LogP contribution in [0.5, 0.6) is 0 Å². The minimum Gasteiger partial charge on any atom is -0.438 e. The number of hydrogen-bond donors (Lipinski definition) is 1. The molecule has 28 heavy (non-hydrogen) atoms. The Bertz CT molecular complexity index is 977. The van der Waals surface area contributed by atoms with Crippen LogP contribution in [0.25, 0.3) is 11.1 Å². The number of benzene rings is 2. The number of nitrogens with zero attached hydrogens (tertiary/aromatic N) is 2. The molecule has 6 nitrogen and oxygen atoms in total. The molecule has 1 saturated heterocycles. The molecule has 1 fully saturated rings. The Balaban J connectivity index is 1.35. The smallest absolute Gasteiger partial charge is 0.322 e. The van der Waals surface area contributed by atoms with E-state index in [1.807, 2.05) is 12.1 Å². The predicted molar refractivity (Wildman–Crippen MR) is 94.4 cm³/mol. The van der Waals surface area contributed by atoms with Gasteiger partial charge >= 0.3 is 6.03 Å². The molecular formula is C19H16F3N3O3. The van der Waals surface area contributed by atoms with E-state index in [0.29, 0.717) is 23.1 Å². The zero-order chi connectivity index (χ0) is 19.7. The van der Waals surface area contributed by atoms with Crippen molar-refractivity contribution in [3.8, 4) is 0 Å². The van der Waals surface area contributed by atoms with Gasteiger partial charge in [0.25, 0.3) is 0 Å². The summed E-state index contributed by atoms with van der Waals surface area (Å²) in [5.74, 6) is -1.36. The van der Waals surface area contributed by atoms with E-state index in [9.17, 15) is 18.0 Å². The number of anilines is 1. The minimum atomic E-state index is -1.41. The number of oxazole rings is 1. The molecule has 9 heteroatoms. The molecule has 1 aromatic heterocycles. The summed E-state index contributed by atoms with van der Waals surface area (Å²) >= 11 is 0. The Hall–Kier alpha value is -3.07. The number of aromatic nitrogens is 1. The number of ether oxygens (including phenoxy) is 1. The molecule has 2 amide bonds. The van der Waals surface area contributed by atoms with Crippen molar-refractivity contribution in [2.75, 3.05) is 18.4 Å². The van der Waals surface area contributed by atoms with E-state index < -0.39 is 29.9 Å². The number of amides is 2. The fourth-order valence-electron chi connectivity index (χ4n) is 3.00. The van der Waals surface area contributed by atoms with E-state index in [0.717, 1.165) is 12.1 Å². The molecule has 1 aliphatic rings. The first kappa shape index (κ1) is 18.3. The van der Waals surface area contributed by atoms with Gasteiger partial charge < -0.3 is 19.4 Å². The second-order valence-electron chi connectivity index (χ2n) is 6.40. The van der Waals surface area contributed by atoms with Gasteiger partial charge in [-0.15, -0.1) is 0 Å². The lowest BCUT2D eigenvalue weighted by molar-refractivity contribution is 0.00334. The molecule has 0 saturated carbocycles. The lowest BCUT2D eigenvalue weighted by Crippen LogP contribution is -2.34. The van der Waals surface area contributed by atoms with Crippen LogP contribution in [0, 0.1) is 11.6 Å². The molecule has 3 aromatic rings. The fourth-order valence-corrected chi connectivity index (χ4v) is 3.00. The van der Waals surface area contributed by atoms with Crippen molar-refractivity contribution in [2.24, 2.45) is 0 Å². The van der Waals surface area contributed by atoms with Crippen LogP contribution in [0.3, 0.4) is 0 Å². The number of carbonyl (C=O) groups is 1. The maximum absolute atomic E-state index is 14.3. The maximum Gasteiger partial charge on any atom is 0.322 e. The number of hydrogen-bond acceptors (Lipinski definition) is 4. The second kappa shape index (κ2) is 7.51. The second-order valence-corrected chi connectivity index (χ2v) is 6.40. The molecular weight excluding hydrogens is 375 g/mol. The molecule has 0 aliphatic carbocycles. The van der Waals surface area contributed by atoms with E-state index in [4.69, 9.17) is 9.15 Å². The summed E-state index contributed by atoms with van der Waals surface area (Å²) in [7, 11) is 0. The summed E-state index contributed by atoms with van der Waals surface area (Å²) in [5.41, 5.74) is 1.09. The molecule has 1 aliphatic heterocycles. The number of likely N-dealkylation sites (tertiary alicyclic amines) is 1. The molecule has 2 heterocycles. The molecule has 0 bridgehead atoms. The molecule has 2 atom stereocenters. The SMILES string of the molecule is O=C(Nc1ccc(F)cc1F)N1CC(F)C(OCc2nc3ccccc3o2)C1. The van der Waals surface area contributed by atoms with E-state index in [1.165, 1.54) is 4.90 Å². The fraction of sp³-hybridized carbons (Fsp3) is 0.263. The van der Waals surface area contributed by atoms with Gasteiger partial charge in [0.2, 0.25) is 5.89 Å². The number of carbonyl (C=O) groups excluding carboxylic acids is 1. The highest BCUT2D eigenvalue weighted by Gasteiger charge is 2.36. The first-order valence-corrected chi connectivity index (χ1v) is 8.60. The molecule has 1 N–H and O–H groups in total. The van der Waals surface area contributed by atoms with Gasteiger partial charge in [-0.2, -0.15) is 0 Å². The van der Waals surface area contributed by atoms with Crippen molar-refractivity contribution < 1.29 is 27.1 Å². The van der Waals surface area contributed by atoms with Crippen molar-refractivity contribution >= 4 is 22.8 Å². The number of halogens is 3. The summed E-state index contributed by atoms with van der Waals surface area (Å²) in [4.78, 5) is 17.7. The van der Waals surface area contributed by atoms with Gasteiger partial charge in [-0.3, -0.25) is 0 Å². The van der Waals surface area contributed by atoms with Crippen molar-refractivity contribution in [3.63, 3.8) is 0 Å². The van der Waals surface area contributed by atoms with E-state index in [-0.39, 0.29) is 25.4 Å². The quantitative estimate of drug-likeness (QED) is 0.733. The van der Waals surface area contributed by atoms with Crippen LogP contribution < -0.4 is 5.32 Å². The van der Waals surface area contributed by atoms with E-state index in [1.54, 1.807) is 12.1 Å². The Labute approximate surface area is 157 Å². The van der Waals surface area contributed by atoms with Crippen LogP contribution >= 0.6 is 0 Å². The zero-order valence-corrected chi connectivity index (χ0v) is 14.6. The third-order valence-corrected chi connectivity index (χ3v) is 4.42. The van der Waals surface area contributed by atoms with Crippen LogP contribution in [-0.4, -0.2) is 41.3 Å². The molecule has 4 rings (SSSR count). The van der Waals surface area contributed by atoms with Crippen LogP contribution in [0.2, 0.25) is 0 Å². The number of urea groups is 1. The molecule has 2 aromatic carbocycles. The normalized spacial score (nSPS) is 19.3. The van der Waals surface area contributed by atoms with Gasteiger partial charge in [-0.05, 0) is 24.3 Å². The van der Waals surface area contributed by atoms with Crippen LogP contribution in [0.15, 0.2) is 46.9 Å². The van der Waals surface area contributed by atoms with Gasteiger partial charge in [0.15, 0.2) is 5.58 Å². The van der Waals surface area contributed by atoms with Crippen LogP contribution in [0.4, 0.5) is 23.7 Å². The standard InChI is InChI=1S/C19H16F3N3O3/c20-11-5-6-14(12(21)7-11)24-19(26)25-8-13(22)17(9-25)27-10-18-23-15-3-1-2-4-16(15)28-18/h1-7,13,17H,8-10H2,(H,24,26). The third kappa shape index (κ3) is 3.79. The lowest BCUT2D eigenvalue weighted by atomic mass is 10.3. The Kier molecular flexibility index (Phi) is 4.91. The average molecular weight is 391 g/mol.